The van der Waals surface area contributed by atoms with Crippen molar-refractivity contribution in [3.8, 4) is 0 Å². The molecule has 0 aromatic heterocycles. The number of fused-ring (bicyclic) bond motifs is 1. The standard InChI is InChI=1S/C16H20O2/c1-12(18-3)16(2,17)11-14-9-6-8-13-7-4-5-10-15(13)14/h4-10,12,17H,11H2,1-3H3. The molecule has 2 rings (SSSR count). The lowest BCUT2D eigenvalue weighted by molar-refractivity contribution is -0.0714. The molecule has 2 unspecified atom stereocenters. The summed E-state index contributed by atoms with van der Waals surface area (Å²) in [5.74, 6) is 0. The topological polar surface area (TPSA) is 29.5 Å². The highest BCUT2D eigenvalue weighted by molar-refractivity contribution is 5.85. The fraction of sp³-hybridized carbons (Fsp3) is 0.375. The van der Waals surface area contributed by atoms with Crippen LogP contribution in [0.1, 0.15) is 19.4 Å². The Labute approximate surface area is 108 Å². The predicted molar refractivity (Wildman–Crippen MR) is 74.7 cm³/mol. The third-order valence-electron chi connectivity index (χ3n) is 3.66. The smallest absolute Gasteiger partial charge is 0.0917 e. The molecule has 1 N–H and O–H groups in total. The van der Waals surface area contributed by atoms with Gasteiger partial charge in [0.1, 0.15) is 0 Å². The zero-order valence-electron chi connectivity index (χ0n) is 11.2. The number of aliphatic hydroxyl groups is 1. The molecule has 2 aromatic carbocycles. The molecule has 2 heteroatoms. The van der Waals surface area contributed by atoms with E-state index in [4.69, 9.17) is 4.74 Å². The summed E-state index contributed by atoms with van der Waals surface area (Å²) in [6, 6.07) is 14.4. The van der Waals surface area contributed by atoms with E-state index in [0.29, 0.717) is 6.42 Å². The highest BCUT2D eigenvalue weighted by atomic mass is 16.5. The molecule has 0 aliphatic heterocycles. The van der Waals surface area contributed by atoms with Crippen molar-refractivity contribution >= 4 is 10.8 Å². The van der Waals surface area contributed by atoms with Gasteiger partial charge >= 0.3 is 0 Å². The van der Waals surface area contributed by atoms with Crippen LogP contribution in [0.25, 0.3) is 10.8 Å². The molecule has 0 heterocycles. The van der Waals surface area contributed by atoms with Crippen LogP contribution in [0.15, 0.2) is 42.5 Å². The maximum Gasteiger partial charge on any atom is 0.0917 e. The van der Waals surface area contributed by atoms with Crippen LogP contribution in [0.2, 0.25) is 0 Å². The number of ether oxygens (including phenoxy) is 1. The summed E-state index contributed by atoms with van der Waals surface area (Å²) in [5, 5.41) is 12.9. The van der Waals surface area contributed by atoms with Crippen molar-refractivity contribution in [2.45, 2.75) is 32.0 Å². The molecular formula is C16H20O2. The molecule has 18 heavy (non-hydrogen) atoms. The fourth-order valence-corrected chi connectivity index (χ4v) is 2.23. The van der Waals surface area contributed by atoms with Gasteiger partial charge in [-0.05, 0) is 30.2 Å². The maximum atomic E-state index is 10.5. The van der Waals surface area contributed by atoms with Gasteiger partial charge in [0, 0.05) is 13.5 Å². The predicted octanol–water partition coefficient (Wildman–Crippen LogP) is 3.17. The lowest BCUT2D eigenvalue weighted by Gasteiger charge is -2.29. The Morgan fingerprint density at radius 3 is 2.56 bits per heavy atom. The maximum absolute atomic E-state index is 10.5. The minimum Gasteiger partial charge on any atom is -0.387 e. The first-order valence-electron chi connectivity index (χ1n) is 6.26. The van der Waals surface area contributed by atoms with Gasteiger partial charge in [0.15, 0.2) is 0 Å². The lowest BCUT2D eigenvalue weighted by Crippen LogP contribution is -2.40. The molecule has 0 bridgehead atoms. The van der Waals surface area contributed by atoms with Crippen molar-refractivity contribution in [3.63, 3.8) is 0 Å². The van der Waals surface area contributed by atoms with Gasteiger partial charge in [-0.3, -0.25) is 0 Å². The molecule has 0 aliphatic carbocycles. The van der Waals surface area contributed by atoms with Gasteiger partial charge in [0.05, 0.1) is 11.7 Å². The van der Waals surface area contributed by atoms with E-state index in [1.807, 2.05) is 32.0 Å². The summed E-state index contributed by atoms with van der Waals surface area (Å²) in [6.45, 7) is 3.72. The molecule has 96 valence electrons. The van der Waals surface area contributed by atoms with Gasteiger partial charge in [-0.2, -0.15) is 0 Å². The molecule has 2 atom stereocenters. The van der Waals surface area contributed by atoms with Crippen molar-refractivity contribution in [1.29, 1.82) is 0 Å². The highest BCUT2D eigenvalue weighted by Gasteiger charge is 2.29. The van der Waals surface area contributed by atoms with Crippen molar-refractivity contribution in [2.24, 2.45) is 0 Å². The second-order valence-corrected chi connectivity index (χ2v) is 5.05. The van der Waals surface area contributed by atoms with Crippen molar-refractivity contribution in [3.05, 3.63) is 48.0 Å². The quantitative estimate of drug-likeness (QED) is 0.895. The third kappa shape index (κ3) is 2.55. The second kappa shape index (κ2) is 5.09. The Bertz CT molecular complexity index is 526. The number of hydrogen-bond acceptors (Lipinski definition) is 2. The van der Waals surface area contributed by atoms with E-state index in [2.05, 4.69) is 24.3 Å². The van der Waals surface area contributed by atoms with Gasteiger partial charge in [-0.1, -0.05) is 42.5 Å². The van der Waals surface area contributed by atoms with Crippen molar-refractivity contribution in [1.82, 2.24) is 0 Å². The average molecular weight is 244 g/mol. The molecule has 2 nitrogen and oxygen atoms in total. The lowest BCUT2D eigenvalue weighted by atomic mass is 9.89. The number of hydrogen-bond donors (Lipinski definition) is 1. The normalized spacial score (nSPS) is 16.4. The SMILES string of the molecule is COC(C)C(C)(O)Cc1cccc2ccccc12. The van der Waals surface area contributed by atoms with E-state index in [0.717, 1.165) is 5.56 Å². The van der Waals surface area contributed by atoms with Crippen LogP contribution in [0.5, 0.6) is 0 Å². The van der Waals surface area contributed by atoms with E-state index in [-0.39, 0.29) is 6.10 Å². The van der Waals surface area contributed by atoms with Crippen LogP contribution >= 0.6 is 0 Å². The van der Waals surface area contributed by atoms with E-state index in [1.165, 1.54) is 10.8 Å². The minimum absolute atomic E-state index is 0.198. The van der Waals surface area contributed by atoms with Crippen LogP contribution in [-0.4, -0.2) is 23.9 Å². The van der Waals surface area contributed by atoms with E-state index < -0.39 is 5.60 Å². The van der Waals surface area contributed by atoms with Crippen LogP contribution in [0, 0.1) is 0 Å². The highest BCUT2D eigenvalue weighted by Crippen LogP contribution is 2.25. The Morgan fingerprint density at radius 1 is 1.17 bits per heavy atom. The summed E-state index contributed by atoms with van der Waals surface area (Å²) in [4.78, 5) is 0. The molecule has 0 aliphatic rings. The Hall–Kier alpha value is -1.38. The zero-order chi connectivity index (χ0) is 13.2. The molecule has 0 spiro atoms. The number of methoxy groups -OCH3 is 1. The third-order valence-corrected chi connectivity index (χ3v) is 3.66. The number of benzene rings is 2. The second-order valence-electron chi connectivity index (χ2n) is 5.05. The molecule has 0 radical (unpaired) electrons. The molecule has 0 saturated carbocycles. The van der Waals surface area contributed by atoms with Gasteiger partial charge in [0.25, 0.3) is 0 Å². The Morgan fingerprint density at radius 2 is 1.83 bits per heavy atom. The Balaban J connectivity index is 2.38. The van der Waals surface area contributed by atoms with Gasteiger partial charge in [0.2, 0.25) is 0 Å². The van der Waals surface area contributed by atoms with Crippen LogP contribution < -0.4 is 0 Å². The van der Waals surface area contributed by atoms with Gasteiger partial charge < -0.3 is 9.84 Å². The van der Waals surface area contributed by atoms with Crippen molar-refractivity contribution < 1.29 is 9.84 Å². The zero-order valence-corrected chi connectivity index (χ0v) is 11.2. The largest absolute Gasteiger partial charge is 0.387 e. The molecule has 0 fully saturated rings. The first-order valence-corrected chi connectivity index (χ1v) is 6.26. The average Bonchev–Trinajstić information content (AvgIpc) is 2.38. The van der Waals surface area contributed by atoms with E-state index in [9.17, 15) is 5.11 Å². The van der Waals surface area contributed by atoms with E-state index >= 15 is 0 Å². The van der Waals surface area contributed by atoms with E-state index in [1.54, 1.807) is 7.11 Å². The van der Waals surface area contributed by atoms with Crippen LogP contribution in [-0.2, 0) is 11.2 Å². The summed E-state index contributed by atoms with van der Waals surface area (Å²) in [7, 11) is 1.63. The molecule has 0 saturated heterocycles. The minimum atomic E-state index is -0.862. The first-order chi connectivity index (χ1) is 8.54. The van der Waals surface area contributed by atoms with Crippen molar-refractivity contribution in [2.75, 3.05) is 7.11 Å². The summed E-state index contributed by atoms with van der Waals surface area (Å²) < 4.78 is 5.25. The van der Waals surface area contributed by atoms with Gasteiger partial charge in [-0.15, -0.1) is 0 Å². The first kappa shape index (κ1) is 13.1. The summed E-state index contributed by atoms with van der Waals surface area (Å²) in [6.07, 6.45) is 0.389. The van der Waals surface area contributed by atoms with Gasteiger partial charge in [-0.25, -0.2) is 0 Å². The monoisotopic (exact) mass is 244 g/mol. The Kier molecular flexibility index (Phi) is 3.69. The van der Waals surface area contributed by atoms with Crippen LogP contribution in [0.4, 0.5) is 0 Å². The van der Waals surface area contributed by atoms with Crippen LogP contribution in [0.3, 0.4) is 0 Å². The fourth-order valence-electron chi connectivity index (χ4n) is 2.23. The molecule has 2 aromatic rings. The molecular weight excluding hydrogens is 224 g/mol. The number of rotatable bonds is 4. The summed E-state index contributed by atoms with van der Waals surface area (Å²) in [5.41, 5.74) is 0.292. The summed E-state index contributed by atoms with van der Waals surface area (Å²) >= 11 is 0. The molecule has 0 amide bonds.